The van der Waals surface area contributed by atoms with Crippen LogP contribution in [0.5, 0.6) is 0 Å². The van der Waals surface area contributed by atoms with Gasteiger partial charge in [-0.1, -0.05) is 12.1 Å². The first-order valence-corrected chi connectivity index (χ1v) is 9.41. The van der Waals surface area contributed by atoms with Crippen LogP contribution in [-0.2, 0) is 25.8 Å². The van der Waals surface area contributed by atoms with E-state index in [0.717, 1.165) is 0 Å². The maximum Gasteiger partial charge on any atom is 4.00 e. The predicted octanol–water partition coefficient (Wildman–Crippen LogP) is 5.48. The zero-order valence-corrected chi connectivity index (χ0v) is 17.4. The van der Waals surface area contributed by atoms with Gasteiger partial charge in [0.05, 0.1) is 0 Å². The summed E-state index contributed by atoms with van der Waals surface area (Å²) in [6.07, 6.45) is 0. The van der Waals surface area contributed by atoms with Gasteiger partial charge in [0.15, 0.2) is 0 Å². The first kappa shape index (κ1) is 17.3. The molecule has 0 heterocycles. The van der Waals surface area contributed by atoms with E-state index < -0.39 is 0 Å². The summed E-state index contributed by atoms with van der Waals surface area (Å²) in [5.41, 5.74) is 0. The summed E-state index contributed by atoms with van der Waals surface area (Å²) in [5, 5.41) is 6.92. The quantitative estimate of drug-likeness (QED) is 0.197. The van der Waals surface area contributed by atoms with Crippen LogP contribution in [0.15, 0.2) is 78.9 Å². The molecule has 0 radical (unpaired) electrons. The molecule has 0 bridgehead atoms. The van der Waals surface area contributed by atoms with E-state index in [1.807, 2.05) is 0 Å². The van der Waals surface area contributed by atoms with Crippen molar-refractivity contribution in [3.63, 3.8) is 0 Å². The summed E-state index contributed by atoms with van der Waals surface area (Å²) in [4.78, 5) is 0. The van der Waals surface area contributed by atoms with Crippen molar-refractivity contribution in [1.29, 1.82) is 0 Å². The molecule has 0 saturated heterocycles. The van der Waals surface area contributed by atoms with Gasteiger partial charge in [0.1, 0.15) is 0 Å². The largest absolute Gasteiger partial charge is 4.00 e. The average Bonchev–Trinajstić information content (AvgIpc) is 3.14. The molecule has 4 aromatic carbocycles. The predicted molar refractivity (Wildman–Crippen MR) is 97.5 cm³/mol. The van der Waals surface area contributed by atoms with Crippen LogP contribution < -0.4 is 5.30 Å². The van der Waals surface area contributed by atoms with E-state index in [1.54, 1.807) is 0 Å². The second-order valence-corrected chi connectivity index (χ2v) is 7.70. The first-order chi connectivity index (χ1) is 10.2. The van der Waals surface area contributed by atoms with Crippen LogP contribution in [0, 0.1) is 0 Å². The van der Waals surface area contributed by atoms with E-state index in [4.69, 9.17) is 0 Å². The fourth-order valence-electron chi connectivity index (χ4n) is 2.46. The minimum absolute atomic E-state index is 0. The van der Waals surface area contributed by atoms with Gasteiger partial charge in [0, 0.05) is 0 Å². The third kappa shape index (κ3) is 4.03. The number of fused-ring (bicyclic) bond motifs is 2. The first-order valence-electron chi connectivity index (χ1n) is 7.17. The topological polar surface area (TPSA) is 0 Å². The van der Waals surface area contributed by atoms with Gasteiger partial charge >= 0.3 is 25.8 Å². The van der Waals surface area contributed by atoms with Gasteiger partial charge in [0.2, 0.25) is 0 Å². The Hall–Kier alpha value is -1.04. The third-order valence-electron chi connectivity index (χ3n) is 3.67. The molecule has 0 amide bonds. The van der Waals surface area contributed by atoms with Gasteiger partial charge in [-0.25, -0.2) is 0 Å². The minimum Gasteiger partial charge on any atom is -0.168 e. The summed E-state index contributed by atoms with van der Waals surface area (Å²) in [6, 6.07) is 27.8. The van der Waals surface area contributed by atoms with Crippen molar-refractivity contribution in [2.45, 2.75) is 0 Å². The second kappa shape index (κ2) is 7.99. The Morgan fingerprint density at radius 1 is 0.773 bits per heavy atom. The normalized spacial score (nSPS) is 10.3. The summed E-state index contributed by atoms with van der Waals surface area (Å²) < 4.78 is 0. The molecule has 0 spiro atoms. The fourth-order valence-corrected chi connectivity index (χ4v) is 3.26. The van der Waals surface area contributed by atoms with Crippen LogP contribution in [0.25, 0.3) is 21.5 Å². The zero-order valence-electron chi connectivity index (χ0n) is 13.0. The Bertz CT molecular complexity index is 776. The third-order valence-corrected chi connectivity index (χ3v) is 4.96. The molecule has 106 valence electrons. The molecule has 0 aliphatic rings. The second-order valence-electron chi connectivity index (χ2n) is 5.39. The van der Waals surface area contributed by atoms with Crippen molar-refractivity contribution in [3.05, 3.63) is 78.9 Å². The van der Waals surface area contributed by atoms with Crippen LogP contribution >= 0.6 is 7.92 Å². The Morgan fingerprint density at radius 3 is 2.05 bits per heavy atom. The standard InChI is InChI=1S/C11H12P.C9H7.Hf/c1-12(2)11-7-9-5-3-4-6-10(9)8-11;1-2-5-9-7-3-6-8(9)4-1;/h3-8H,1-2H3;1-7H;/q2*-1;+4. The molecular weight excluding hydrogens is 450 g/mol. The molecule has 0 aliphatic carbocycles. The van der Waals surface area contributed by atoms with Crippen LogP contribution in [0.1, 0.15) is 0 Å². The number of hydrogen-bond donors (Lipinski definition) is 0. The van der Waals surface area contributed by atoms with E-state index in [2.05, 4.69) is 92.2 Å². The molecule has 0 unspecified atom stereocenters. The number of rotatable bonds is 1. The Labute approximate surface area is 152 Å². The summed E-state index contributed by atoms with van der Waals surface area (Å²) in [5.74, 6) is 0. The molecule has 0 nitrogen and oxygen atoms in total. The smallest absolute Gasteiger partial charge is 0.168 e. The van der Waals surface area contributed by atoms with E-state index in [1.165, 1.54) is 26.8 Å². The zero-order chi connectivity index (χ0) is 14.7. The van der Waals surface area contributed by atoms with Gasteiger partial charge in [-0.3, -0.25) is 0 Å². The van der Waals surface area contributed by atoms with E-state index >= 15 is 0 Å². The van der Waals surface area contributed by atoms with Crippen LogP contribution in [0.2, 0.25) is 0 Å². The maximum absolute atomic E-state index is 2.31. The van der Waals surface area contributed by atoms with Gasteiger partial charge in [-0.15, -0.1) is 77.9 Å². The summed E-state index contributed by atoms with van der Waals surface area (Å²) in [6.45, 7) is 4.59. The molecule has 0 aromatic heterocycles. The number of benzene rings is 2. The molecule has 0 aliphatic heterocycles. The van der Waals surface area contributed by atoms with E-state index in [9.17, 15) is 0 Å². The van der Waals surface area contributed by atoms with Crippen molar-refractivity contribution in [2.24, 2.45) is 0 Å². The van der Waals surface area contributed by atoms with Crippen molar-refractivity contribution in [2.75, 3.05) is 13.3 Å². The Kier molecular flexibility index (Phi) is 6.29. The van der Waals surface area contributed by atoms with Gasteiger partial charge in [0.25, 0.3) is 0 Å². The van der Waals surface area contributed by atoms with Gasteiger partial charge in [-0.05, 0) is 13.3 Å². The van der Waals surface area contributed by atoms with Crippen LogP contribution in [0.3, 0.4) is 0 Å². The van der Waals surface area contributed by atoms with E-state index in [0.29, 0.717) is 0 Å². The average molecular weight is 469 g/mol. The van der Waals surface area contributed by atoms with E-state index in [-0.39, 0.29) is 33.8 Å². The van der Waals surface area contributed by atoms with Gasteiger partial charge in [-0.2, -0.15) is 23.6 Å². The molecule has 4 rings (SSSR count). The van der Waals surface area contributed by atoms with Crippen molar-refractivity contribution < 1.29 is 25.8 Å². The Morgan fingerprint density at radius 2 is 1.41 bits per heavy atom. The molecule has 22 heavy (non-hydrogen) atoms. The van der Waals surface area contributed by atoms with Gasteiger partial charge < -0.3 is 0 Å². The minimum atomic E-state index is 0. The molecule has 0 fully saturated rings. The number of hydrogen-bond acceptors (Lipinski definition) is 0. The molecule has 4 aromatic rings. The van der Waals surface area contributed by atoms with Crippen molar-refractivity contribution in [3.8, 4) is 0 Å². The summed E-state index contributed by atoms with van der Waals surface area (Å²) >= 11 is 0. The molecular formula is C20H19HfP+2. The molecule has 0 atom stereocenters. The fraction of sp³-hybridized carbons (Fsp3) is 0.100. The Balaban J connectivity index is 0.000000159. The monoisotopic (exact) mass is 470 g/mol. The maximum atomic E-state index is 2.31. The molecule has 0 N–H and O–H groups in total. The van der Waals surface area contributed by atoms with Crippen molar-refractivity contribution in [1.82, 2.24) is 0 Å². The van der Waals surface area contributed by atoms with Crippen LogP contribution in [0.4, 0.5) is 0 Å². The molecule has 2 heteroatoms. The molecule has 0 saturated carbocycles. The van der Waals surface area contributed by atoms with Crippen LogP contribution in [-0.4, -0.2) is 13.3 Å². The summed E-state index contributed by atoms with van der Waals surface area (Å²) in [7, 11) is 0.0576. The SMILES string of the molecule is CP(C)c1cc2ccccc2[cH-]1.[Hf+4].c1ccc2[cH-]ccc2c1. The van der Waals surface area contributed by atoms with Crippen molar-refractivity contribution >= 4 is 34.8 Å².